The Morgan fingerprint density at radius 1 is 0.872 bits per heavy atom. The SMILES string of the molecule is COc1ccc(CCN2C(=O)c3[nH]nc(-c4cc(C)ccc4O)c3[C@H]2c2ccc(OC)c(OC)c2)cc1OC. The molecule has 0 saturated heterocycles. The zero-order valence-corrected chi connectivity index (χ0v) is 22.6. The summed E-state index contributed by atoms with van der Waals surface area (Å²) in [5.74, 6) is 2.34. The minimum atomic E-state index is -0.471. The molecule has 9 heteroatoms. The number of aryl methyl sites for hydroxylation is 1. The molecule has 202 valence electrons. The largest absolute Gasteiger partial charge is 0.507 e. The molecule has 0 bridgehead atoms. The van der Waals surface area contributed by atoms with Crippen LogP contribution in [0.4, 0.5) is 0 Å². The topological polar surface area (TPSA) is 106 Å². The monoisotopic (exact) mass is 529 g/mol. The Morgan fingerprint density at radius 2 is 1.54 bits per heavy atom. The Hall–Kier alpha value is -4.66. The number of benzene rings is 3. The molecule has 0 aliphatic carbocycles. The molecule has 2 N–H and O–H groups in total. The highest BCUT2D eigenvalue weighted by atomic mass is 16.5. The van der Waals surface area contributed by atoms with E-state index in [0.29, 0.717) is 58.5 Å². The Kier molecular flexibility index (Phi) is 7.06. The van der Waals surface area contributed by atoms with Gasteiger partial charge in [-0.15, -0.1) is 0 Å². The van der Waals surface area contributed by atoms with Crippen molar-refractivity contribution in [1.82, 2.24) is 15.1 Å². The van der Waals surface area contributed by atoms with E-state index in [4.69, 9.17) is 18.9 Å². The molecule has 5 rings (SSSR count). The summed E-state index contributed by atoms with van der Waals surface area (Å²) in [5, 5.41) is 18.1. The van der Waals surface area contributed by atoms with Crippen LogP contribution in [0.2, 0.25) is 0 Å². The lowest BCUT2D eigenvalue weighted by Gasteiger charge is -2.27. The van der Waals surface area contributed by atoms with Crippen LogP contribution in [0.25, 0.3) is 11.3 Å². The number of methoxy groups -OCH3 is 4. The number of hydrogen-bond acceptors (Lipinski definition) is 7. The normalized spacial score (nSPS) is 14.3. The first kappa shape index (κ1) is 26.0. The second kappa shape index (κ2) is 10.6. The molecule has 1 aliphatic rings. The molecule has 39 heavy (non-hydrogen) atoms. The predicted octanol–water partition coefficient (Wildman–Crippen LogP) is 4.91. The molecule has 2 heterocycles. The average molecular weight is 530 g/mol. The van der Waals surface area contributed by atoms with Crippen LogP contribution in [-0.4, -0.2) is 61.1 Å². The lowest BCUT2D eigenvalue weighted by Crippen LogP contribution is -2.31. The first-order chi connectivity index (χ1) is 18.9. The Balaban J connectivity index is 1.59. The van der Waals surface area contributed by atoms with Crippen molar-refractivity contribution < 1.29 is 28.8 Å². The number of phenols is 1. The number of amides is 1. The summed E-state index contributed by atoms with van der Waals surface area (Å²) in [4.78, 5) is 15.6. The summed E-state index contributed by atoms with van der Waals surface area (Å²) in [6.07, 6.45) is 0.582. The van der Waals surface area contributed by atoms with Crippen LogP contribution in [0, 0.1) is 6.92 Å². The molecule has 0 fully saturated rings. The fraction of sp³-hybridized carbons (Fsp3) is 0.267. The predicted molar refractivity (Wildman–Crippen MR) is 146 cm³/mol. The molecule has 9 nitrogen and oxygen atoms in total. The van der Waals surface area contributed by atoms with Crippen molar-refractivity contribution in [3.8, 4) is 40.0 Å². The molecular weight excluding hydrogens is 498 g/mol. The van der Waals surface area contributed by atoms with Gasteiger partial charge in [0.15, 0.2) is 23.0 Å². The second-order valence-corrected chi connectivity index (χ2v) is 9.34. The van der Waals surface area contributed by atoms with Crippen molar-refractivity contribution >= 4 is 5.91 Å². The van der Waals surface area contributed by atoms with E-state index >= 15 is 0 Å². The molecular formula is C30H31N3O6. The van der Waals surface area contributed by atoms with Gasteiger partial charge in [-0.2, -0.15) is 5.10 Å². The van der Waals surface area contributed by atoms with Gasteiger partial charge in [0.2, 0.25) is 0 Å². The molecule has 0 radical (unpaired) electrons. The van der Waals surface area contributed by atoms with Gasteiger partial charge in [-0.05, 0) is 60.9 Å². The number of hydrogen-bond donors (Lipinski definition) is 2. The number of carbonyl (C=O) groups is 1. The summed E-state index contributed by atoms with van der Waals surface area (Å²) in [6, 6.07) is 16.2. The smallest absolute Gasteiger partial charge is 0.273 e. The van der Waals surface area contributed by atoms with Gasteiger partial charge in [0.1, 0.15) is 17.1 Å². The van der Waals surface area contributed by atoms with E-state index < -0.39 is 6.04 Å². The number of aromatic nitrogens is 2. The average Bonchev–Trinajstić information content (AvgIpc) is 3.50. The van der Waals surface area contributed by atoms with E-state index in [2.05, 4.69) is 10.2 Å². The summed E-state index contributed by atoms with van der Waals surface area (Å²) >= 11 is 0. The maximum absolute atomic E-state index is 13.8. The number of phenolic OH excluding ortho intramolecular Hbond substituents is 1. The van der Waals surface area contributed by atoms with E-state index in [-0.39, 0.29) is 11.7 Å². The minimum absolute atomic E-state index is 0.0946. The zero-order valence-electron chi connectivity index (χ0n) is 22.6. The van der Waals surface area contributed by atoms with Crippen LogP contribution in [0.15, 0.2) is 54.6 Å². The highest BCUT2D eigenvalue weighted by molar-refractivity contribution is 6.00. The minimum Gasteiger partial charge on any atom is -0.507 e. The summed E-state index contributed by atoms with van der Waals surface area (Å²) in [7, 11) is 6.36. The lowest BCUT2D eigenvalue weighted by molar-refractivity contribution is 0.0745. The number of fused-ring (bicyclic) bond motifs is 1. The highest BCUT2D eigenvalue weighted by Gasteiger charge is 2.42. The first-order valence-electron chi connectivity index (χ1n) is 12.5. The van der Waals surface area contributed by atoms with Crippen molar-refractivity contribution in [2.75, 3.05) is 35.0 Å². The summed E-state index contributed by atoms with van der Waals surface area (Å²) in [6.45, 7) is 2.37. The third-order valence-electron chi connectivity index (χ3n) is 7.08. The van der Waals surface area contributed by atoms with Crippen molar-refractivity contribution in [2.45, 2.75) is 19.4 Å². The molecule has 1 aliphatic heterocycles. The van der Waals surface area contributed by atoms with Gasteiger partial charge in [0.05, 0.1) is 34.5 Å². The van der Waals surface area contributed by atoms with Crippen LogP contribution in [0.3, 0.4) is 0 Å². The summed E-state index contributed by atoms with van der Waals surface area (Å²) < 4.78 is 21.8. The van der Waals surface area contributed by atoms with E-state index in [0.717, 1.165) is 16.7 Å². The number of H-pyrrole nitrogens is 1. The molecule has 3 aromatic carbocycles. The maximum atomic E-state index is 13.8. The van der Waals surface area contributed by atoms with Gasteiger partial charge < -0.3 is 29.0 Å². The van der Waals surface area contributed by atoms with Crippen molar-refractivity contribution in [3.05, 3.63) is 82.5 Å². The van der Waals surface area contributed by atoms with E-state index in [1.165, 1.54) is 0 Å². The number of rotatable bonds is 9. The third-order valence-corrected chi connectivity index (χ3v) is 7.08. The molecule has 0 saturated carbocycles. The van der Waals surface area contributed by atoms with E-state index in [1.54, 1.807) is 34.5 Å². The quantitative estimate of drug-likeness (QED) is 0.317. The standard InChI is InChI=1S/C30H31N3O6/c1-17-6-9-21(34)20(14-17)27-26-28(32-31-27)30(35)33(13-12-18-7-10-22(36-2)24(15-18)38-4)29(26)19-8-11-23(37-3)25(16-19)39-5/h6-11,14-16,29,34H,12-13H2,1-5H3,(H,31,32)/t29-/m1/s1. The van der Waals surface area contributed by atoms with Gasteiger partial charge in [-0.1, -0.05) is 23.8 Å². The number of aromatic amines is 1. The highest BCUT2D eigenvalue weighted by Crippen LogP contribution is 2.46. The molecule has 1 amide bonds. The van der Waals surface area contributed by atoms with E-state index in [1.807, 2.05) is 60.4 Å². The van der Waals surface area contributed by atoms with Crippen LogP contribution in [-0.2, 0) is 6.42 Å². The lowest BCUT2D eigenvalue weighted by atomic mass is 9.94. The van der Waals surface area contributed by atoms with Crippen molar-refractivity contribution in [3.63, 3.8) is 0 Å². The number of nitrogens with one attached hydrogen (secondary N) is 1. The molecule has 0 unspecified atom stereocenters. The van der Waals surface area contributed by atoms with Crippen LogP contribution < -0.4 is 18.9 Å². The Labute approximate surface area is 226 Å². The van der Waals surface area contributed by atoms with Gasteiger partial charge in [0, 0.05) is 17.7 Å². The summed E-state index contributed by atoms with van der Waals surface area (Å²) in [5.41, 5.74) is 5.01. The molecule has 1 aromatic heterocycles. The fourth-order valence-electron chi connectivity index (χ4n) is 5.13. The van der Waals surface area contributed by atoms with Crippen LogP contribution in [0.5, 0.6) is 28.7 Å². The van der Waals surface area contributed by atoms with Crippen molar-refractivity contribution in [2.24, 2.45) is 0 Å². The van der Waals surface area contributed by atoms with E-state index in [9.17, 15) is 9.90 Å². The van der Waals surface area contributed by atoms with Gasteiger partial charge >= 0.3 is 0 Å². The number of nitrogens with zero attached hydrogens (tertiary/aromatic N) is 2. The number of aromatic hydroxyl groups is 1. The Morgan fingerprint density at radius 3 is 2.23 bits per heavy atom. The van der Waals surface area contributed by atoms with Crippen LogP contribution >= 0.6 is 0 Å². The Bertz CT molecular complexity index is 1530. The van der Waals surface area contributed by atoms with Crippen molar-refractivity contribution in [1.29, 1.82) is 0 Å². The van der Waals surface area contributed by atoms with Gasteiger partial charge in [-0.3, -0.25) is 9.89 Å². The third kappa shape index (κ3) is 4.60. The number of carbonyl (C=O) groups excluding carboxylic acids is 1. The molecule has 0 spiro atoms. The van der Waals surface area contributed by atoms with Gasteiger partial charge in [-0.25, -0.2) is 0 Å². The van der Waals surface area contributed by atoms with Gasteiger partial charge in [0.25, 0.3) is 5.91 Å². The molecule has 1 atom stereocenters. The van der Waals surface area contributed by atoms with Crippen LogP contribution in [0.1, 0.15) is 38.8 Å². The number of ether oxygens (including phenoxy) is 4. The zero-order chi connectivity index (χ0) is 27.7. The first-order valence-corrected chi connectivity index (χ1v) is 12.5. The molecule has 4 aromatic rings. The fourth-order valence-corrected chi connectivity index (χ4v) is 5.13. The maximum Gasteiger partial charge on any atom is 0.273 e. The second-order valence-electron chi connectivity index (χ2n) is 9.34.